The minimum absolute atomic E-state index is 0.0214. The monoisotopic (exact) mass is 356 g/mol. The number of hydrogen-bond acceptors (Lipinski definition) is 4. The van der Waals surface area contributed by atoms with E-state index in [0.29, 0.717) is 31.1 Å². The maximum absolute atomic E-state index is 13.0. The van der Waals surface area contributed by atoms with Crippen LogP contribution >= 0.6 is 11.3 Å². The van der Waals surface area contributed by atoms with Crippen molar-refractivity contribution in [3.8, 4) is 0 Å². The second-order valence-electron chi connectivity index (χ2n) is 6.59. The second kappa shape index (κ2) is 6.28. The molecular formula is C19H20N2O3S. The number of benzene rings is 1. The zero-order valence-corrected chi connectivity index (χ0v) is 14.9. The summed E-state index contributed by atoms with van der Waals surface area (Å²) in [6, 6.07) is 13.7. The fourth-order valence-electron chi connectivity index (χ4n) is 3.85. The Kier molecular flexibility index (Phi) is 4.09. The molecule has 6 heteroatoms. The average Bonchev–Trinajstić information content (AvgIpc) is 3.26. The standard InChI is InChI=1S/C19H20N2O3S/c1-20-12-15(14-6-3-2-4-7-14)19(18(20)23)13-21(9-10-24-19)17(22)16-8-5-11-25-16/h2-8,11,15H,9-10,12-13H2,1H3. The van der Waals surface area contributed by atoms with Gasteiger partial charge in [0.05, 0.1) is 18.0 Å². The van der Waals surface area contributed by atoms with E-state index in [1.165, 1.54) is 11.3 Å². The SMILES string of the molecule is CN1CC(c2ccccc2)C2(CN(C(=O)c3cccs3)CCO2)C1=O. The molecule has 130 valence electrons. The second-order valence-corrected chi connectivity index (χ2v) is 7.54. The van der Waals surface area contributed by atoms with Gasteiger partial charge in [-0.15, -0.1) is 11.3 Å². The molecule has 4 rings (SSSR count). The van der Waals surface area contributed by atoms with Gasteiger partial charge in [-0.05, 0) is 17.0 Å². The number of ether oxygens (including phenoxy) is 1. The zero-order valence-electron chi connectivity index (χ0n) is 14.1. The van der Waals surface area contributed by atoms with Crippen LogP contribution in [-0.2, 0) is 9.53 Å². The summed E-state index contributed by atoms with van der Waals surface area (Å²) in [5.41, 5.74) is 0.0898. The lowest BCUT2D eigenvalue weighted by Gasteiger charge is -2.41. The fraction of sp³-hybridized carbons (Fsp3) is 0.368. The Morgan fingerprint density at radius 2 is 2.04 bits per heavy atom. The Balaban J connectivity index is 1.68. The third-order valence-electron chi connectivity index (χ3n) is 5.10. The maximum atomic E-state index is 13.0. The van der Waals surface area contributed by atoms with E-state index < -0.39 is 5.60 Å². The first kappa shape index (κ1) is 16.3. The van der Waals surface area contributed by atoms with Gasteiger partial charge in [-0.3, -0.25) is 9.59 Å². The topological polar surface area (TPSA) is 49.9 Å². The lowest BCUT2D eigenvalue weighted by Crippen LogP contribution is -2.59. The Hall–Kier alpha value is -2.18. The fourth-order valence-corrected chi connectivity index (χ4v) is 4.54. The molecule has 1 aromatic heterocycles. The summed E-state index contributed by atoms with van der Waals surface area (Å²) < 4.78 is 6.09. The summed E-state index contributed by atoms with van der Waals surface area (Å²) >= 11 is 1.43. The van der Waals surface area contributed by atoms with E-state index in [1.54, 1.807) is 16.8 Å². The third kappa shape index (κ3) is 2.65. The molecule has 0 aliphatic carbocycles. The molecule has 1 aromatic carbocycles. The number of amides is 2. The summed E-state index contributed by atoms with van der Waals surface area (Å²) in [7, 11) is 1.80. The summed E-state index contributed by atoms with van der Waals surface area (Å²) in [4.78, 5) is 30.0. The van der Waals surface area contributed by atoms with Crippen LogP contribution < -0.4 is 0 Å². The Morgan fingerprint density at radius 1 is 1.24 bits per heavy atom. The van der Waals surface area contributed by atoms with Crippen LogP contribution in [0.15, 0.2) is 47.8 Å². The number of nitrogens with zero attached hydrogens (tertiary/aromatic N) is 2. The Labute approximate surface area is 150 Å². The predicted octanol–water partition coefficient (Wildman–Crippen LogP) is 2.22. The van der Waals surface area contributed by atoms with Gasteiger partial charge in [0.15, 0.2) is 5.60 Å². The van der Waals surface area contributed by atoms with Gasteiger partial charge in [0, 0.05) is 26.1 Å². The van der Waals surface area contributed by atoms with Crippen LogP contribution in [0.1, 0.15) is 21.2 Å². The largest absolute Gasteiger partial charge is 0.361 e. The van der Waals surface area contributed by atoms with Crippen molar-refractivity contribution in [1.82, 2.24) is 9.80 Å². The van der Waals surface area contributed by atoms with Crippen molar-refractivity contribution in [2.45, 2.75) is 11.5 Å². The minimum Gasteiger partial charge on any atom is -0.361 e. The number of likely N-dealkylation sites (N-methyl/N-ethyl adjacent to an activating group) is 1. The van der Waals surface area contributed by atoms with E-state index >= 15 is 0 Å². The quantitative estimate of drug-likeness (QED) is 0.829. The number of hydrogen-bond donors (Lipinski definition) is 0. The molecule has 2 unspecified atom stereocenters. The molecule has 2 aromatic rings. The van der Waals surface area contributed by atoms with Crippen LogP contribution in [0, 0.1) is 0 Å². The van der Waals surface area contributed by atoms with E-state index in [1.807, 2.05) is 47.8 Å². The van der Waals surface area contributed by atoms with E-state index in [-0.39, 0.29) is 17.7 Å². The number of carbonyl (C=O) groups excluding carboxylic acids is 2. The molecule has 0 bridgehead atoms. The van der Waals surface area contributed by atoms with Gasteiger partial charge in [-0.25, -0.2) is 0 Å². The van der Waals surface area contributed by atoms with E-state index in [0.717, 1.165) is 5.56 Å². The highest BCUT2D eigenvalue weighted by Crippen LogP contribution is 2.41. The van der Waals surface area contributed by atoms with Crippen molar-refractivity contribution in [3.05, 3.63) is 58.3 Å². The van der Waals surface area contributed by atoms with Crippen molar-refractivity contribution in [3.63, 3.8) is 0 Å². The Morgan fingerprint density at radius 3 is 2.76 bits per heavy atom. The predicted molar refractivity (Wildman–Crippen MR) is 95.7 cm³/mol. The molecule has 2 atom stereocenters. The number of thiophene rings is 1. The molecule has 2 aliphatic rings. The van der Waals surface area contributed by atoms with Crippen LogP contribution in [0.3, 0.4) is 0 Å². The molecular weight excluding hydrogens is 336 g/mol. The van der Waals surface area contributed by atoms with Gasteiger partial charge >= 0.3 is 0 Å². The highest BCUT2D eigenvalue weighted by molar-refractivity contribution is 7.12. The molecule has 2 saturated heterocycles. The zero-order chi connectivity index (χ0) is 17.4. The van der Waals surface area contributed by atoms with Crippen LogP contribution in [-0.4, -0.2) is 60.5 Å². The molecule has 2 aliphatic heterocycles. The van der Waals surface area contributed by atoms with Gasteiger partial charge in [0.25, 0.3) is 11.8 Å². The van der Waals surface area contributed by atoms with E-state index in [4.69, 9.17) is 4.74 Å². The first-order valence-corrected chi connectivity index (χ1v) is 9.27. The van der Waals surface area contributed by atoms with Gasteiger partial charge < -0.3 is 14.5 Å². The summed E-state index contributed by atoms with van der Waals surface area (Å²) in [5.74, 6) is -0.137. The minimum atomic E-state index is -0.985. The molecule has 2 fully saturated rings. The number of likely N-dealkylation sites (tertiary alicyclic amines) is 1. The highest BCUT2D eigenvalue weighted by atomic mass is 32.1. The molecule has 1 spiro atoms. The molecule has 2 amide bonds. The van der Waals surface area contributed by atoms with Crippen molar-refractivity contribution >= 4 is 23.2 Å². The first-order valence-electron chi connectivity index (χ1n) is 8.39. The summed E-state index contributed by atoms with van der Waals surface area (Å²) in [5, 5.41) is 1.89. The molecule has 3 heterocycles. The molecule has 0 saturated carbocycles. The van der Waals surface area contributed by atoms with Crippen LogP contribution in [0.5, 0.6) is 0 Å². The van der Waals surface area contributed by atoms with Crippen LogP contribution in [0.4, 0.5) is 0 Å². The normalized spacial score (nSPS) is 26.4. The summed E-state index contributed by atoms with van der Waals surface area (Å²) in [6.45, 7) is 1.79. The van der Waals surface area contributed by atoms with Crippen molar-refractivity contribution < 1.29 is 14.3 Å². The van der Waals surface area contributed by atoms with E-state index in [9.17, 15) is 9.59 Å². The van der Waals surface area contributed by atoms with Gasteiger partial charge in [0.1, 0.15) is 0 Å². The van der Waals surface area contributed by atoms with Crippen molar-refractivity contribution in [2.24, 2.45) is 0 Å². The Bertz CT molecular complexity index is 777. The maximum Gasteiger partial charge on any atom is 0.264 e. The van der Waals surface area contributed by atoms with E-state index in [2.05, 4.69) is 0 Å². The van der Waals surface area contributed by atoms with Gasteiger partial charge in [-0.1, -0.05) is 36.4 Å². The molecule has 25 heavy (non-hydrogen) atoms. The third-order valence-corrected chi connectivity index (χ3v) is 5.95. The molecule has 0 radical (unpaired) electrons. The van der Waals surface area contributed by atoms with Crippen molar-refractivity contribution in [2.75, 3.05) is 33.3 Å². The van der Waals surface area contributed by atoms with Crippen LogP contribution in [0.25, 0.3) is 0 Å². The average molecular weight is 356 g/mol. The lowest BCUT2D eigenvalue weighted by molar-refractivity contribution is -0.159. The van der Waals surface area contributed by atoms with Crippen molar-refractivity contribution in [1.29, 1.82) is 0 Å². The lowest BCUT2D eigenvalue weighted by atomic mass is 9.83. The molecule has 5 nitrogen and oxygen atoms in total. The molecule has 0 N–H and O–H groups in total. The van der Waals surface area contributed by atoms with Crippen LogP contribution in [0.2, 0.25) is 0 Å². The smallest absolute Gasteiger partial charge is 0.264 e. The number of rotatable bonds is 2. The summed E-state index contributed by atoms with van der Waals surface area (Å²) in [6.07, 6.45) is 0. The van der Waals surface area contributed by atoms with Gasteiger partial charge in [-0.2, -0.15) is 0 Å². The number of morpholine rings is 1. The van der Waals surface area contributed by atoms with Gasteiger partial charge in [0.2, 0.25) is 0 Å². The number of carbonyl (C=O) groups is 2. The highest BCUT2D eigenvalue weighted by Gasteiger charge is 2.57. The first-order chi connectivity index (χ1) is 12.1.